The third-order valence-electron chi connectivity index (χ3n) is 4.45. The standard InChI is InChI=1S/C16H16N2/c1-10(16-8-17-9-18-16)12-3-2-4-13-14(12)6-5-11-7-15(11)13/h2-4,8-9,11,15H,1,5-7H2,(H,17,18). The van der Waals surface area contributed by atoms with Gasteiger partial charge in [-0.05, 0) is 53.4 Å². The Labute approximate surface area is 107 Å². The van der Waals surface area contributed by atoms with Gasteiger partial charge in [0.05, 0.1) is 18.2 Å². The van der Waals surface area contributed by atoms with E-state index in [9.17, 15) is 0 Å². The zero-order chi connectivity index (χ0) is 12.1. The molecule has 0 aliphatic heterocycles. The Kier molecular flexibility index (Phi) is 2.01. The summed E-state index contributed by atoms with van der Waals surface area (Å²) in [6.45, 7) is 4.24. The Balaban J connectivity index is 1.82. The SMILES string of the molecule is C=C(c1cnc[nH]1)c1cccc2c1CCC1CC21. The molecule has 2 heteroatoms. The minimum absolute atomic E-state index is 0.836. The predicted molar refractivity (Wildman–Crippen MR) is 72.3 cm³/mol. The van der Waals surface area contributed by atoms with Gasteiger partial charge in [0.15, 0.2) is 0 Å². The molecule has 2 nitrogen and oxygen atoms in total. The normalized spacial score (nSPS) is 24.2. The molecule has 1 aromatic heterocycles. The Morgan fingerprint density at radius 3 is 3.17 bits per heavy atom. The molecule has 1 N–H and O–H groups in total. The Morgan fingerprint density at radius 2 is 2.33 bits per heavy atom. The highest BCUT2D eigenvalue weighted by atomic mass is 14.9. The number of aromatic nitrogens is 2. The molecule has 1 heterocycles. The van der Waals surface area contributed by atoms with Gasteiger partial charge in [0.25, 0.3) is 0 Å². The van der Waals surface area contributed by atoms with Crippen molar-refractivity contribution in [2.45, 2.75) is 25.2 Å². The first-order valence-electron chi connectivity index (χ1n) is 6.64. The van der Waals surface area contributed by atoms with E-state index in [1.54, 1.807) is 11.9 Å². The number of aromatic amines is 1. The van der Waals surface area contributed by atoms with E-state index in [1.807, 2.05) is 6.20 Å². The van der Waals surface area contributed by atoms with Gasteiger partial charge in [-0.2, -0.15) is 0 Å². The molecular formula is C16H16N2. The summed E-state index contributed by atoms with van der Waals surface area (Å²) in [7, 11) is 0. The molecule has 0 spiro atoms. The van der Waals surface area contributed by atoms with Gasteiger partial charge in [-0.1, -0.05) is 24.8 Å². The fourth-order valence-electron chi connectivity index (χ4n) is 3.36. The van der Waals surface area contributed by atoms with Gasteiger partial charge in [-0.3, -0.25) is 0 Å². The molecule has 1 aromatic carbocycles. The van der Waals surface area contributed by atoms with Crippen LogP contribution in [0.4, 0.5) is 0 Å². The number of hydrogen-bond donors (Lipinski definition) is 1. The number of fused-ring (bicyclic) bond motifs is 3. The van der Waals surface area contributed by atoms with E-state index in [-0.39, 0.29) is 0 Å². The number of nitrogens with one attached hydrogen (secondary N) is 1. The maximum atomic E-state index is 4.24. The van der Waals surface area contributed by atoms with Crippen molar-refractivity contribution in [3.05, 3.63) is 59.7 Å². The minimum atomic E-state index is 0.836. The molecule has 1 fully saturated rings. The van der Waals surface area contributed by atoms with Crippen LogP contribution in [0, 0.1) is 5.92 Å². The topological polar surface area (TPSA) is 28.7 Å². The molecule has 2 aliphatic rings. The second kappa shape index (κ2) is 3.58. The number of benzene rings is 1. The molecule has 0 radical (unpaired) electrons. The Bertz CT molecular complexity index is 610. The molecule has 2 aromatic rings. The summed E-state index contributed by atoms with van der Waals surface area (Å²) in [5, 5.41) is 0. The molecule has 18 heavy (non-hydrogen) atoms. The zero-order valence-corrected chi connectivity index (χ0v) is 10.3. The zero-order valence-electron chi connectivity index (χ0n) is 10.3. The first-order chi connectivity index (χ1) is 8.84. The molecule has 90 valence electrons. The van der Waals surface area contributed by atoms with E-state index in [1.165, 1.54) is 30.4 Å². The maximum absolute atomic E-state index is 4.24. The van der Waals surface area contributed by atoms with Crippen molar-refractivity contribution in [1.82, 2.24) is 9.97 Å². The lowest BCUT2D eigenvalue weighted by atomic mass is 9.85. The lowest BCUT2D eigenvalue weighted by Gasteiger charge is -2.19. The van der Waals surface area contributed by atoms with Gasteiger partial charge in [0.2, 0.25) is 0 Å². The van der Waals surface area contributed by atoms with Gasteiger partial charge >= 0.3 is 0 Å². The summed E-state index contributed by atoms with van der Waals surface area (Å²) in [4.78, 5) is 7.24. The molecule has 0 bridgehead atoms. The van der Waals surface area contributed by atoms with Crippen LogP contribution in [0.15, 0.2) is 37.3 Å². The van der Waals surface area contributed by atoms with Crippen LogP contribution >= 0.6 is 0 Å². The predicted octanol–water partition coefficient (Wildman–Crippen LogP) is 3.52. The van der Waals surface area contributed by atoms with Crippen molar-refractivity contribution in [3.63, 3.8) is 0 Å². The second-order valence-electron chi connectivity index (χ2n) is 5.46. The monoisotopic (exact) mass is 236 g/mol. The summed E-state index contributed by atoms with van der Waals surface area (Å²) < 4.78 is 0. The van der Waals surface area contributed by atoms with Crippen LogP contribution in [-0.4, -0.2) is 9.97 Å². The summed E-state index contributed by atoms with van der Waals surface area (Å²) in [6.07, 6.45) is 7.52. The third-order valence-corrected chi connectivity index (χ3v) is 4.45. The van der Waals surface area contributed by atoms with Crippen LogP contribution in [0.25, 0.3) is 5.57 Å². The van der Waals surface area contributed by atoms with Crippen LogP contribution in [0.1, 0.15) is 41.1 Å². The molecule has 4 rings (SSSR count). The van der Waals surface area contributed by atoms with Crippen molar-refractivity contribution in [3.8, 4) is 0 Å². The van der Waals surface area contributed by atoms with E-state index < -0.39 is 0 Å². The van der Waals surface area contributed by atoms with Crippen LogP contribution in [0.2, 0.25) is 0 Å². The largest absolute Gasteiger partial charge is 0.345 e. The number of imidazole rings is 1. The summed E-state index contributed by atoms with van der Waals surface area (Å²) in [5.74, 6) is 1.80. The summed E-state index contributed by atoms with van der Waals surface area (Å²) in [6, 6.07) is 6.68. The van der Waals surface area contributed by atoms with Crippen LogP contribution in [0.5, 0.6) is 0 Å². The quantitative estimate of drug-likeness (QED) is 0.849. The summed E-state index contributed by atoms with van der Waals surface area (Å²) >= 11 is 0. The third kappa shape index (κ3) is 1.38. The first-order valence-corrected chi connectivity index (χ1v) is 6.64. The summed E-state index contributed by atoms with van der Waals surface area (Å²) in [5.41, 5.74) is 6.51. The van der Waals surface area contributed by atoms with E-state index in [4.69, 9.17) is 0 Å². The lowest BCUT2D eigenvalue weighted by molar-refractivity contribution is 0.666. The van der Waals surface area contributed by atoms with E-state index in [0.717, 1.165) is 23.1 Å². The number of H-pyrrole nitrogens is 1. The minimum Gasteiger partial charge on any atom is -0.345 e. The Morgan fingerprint density at radius 1 is 1.39 bits per heavy atom. The van der Waals surface area contributed by atoms with Gasteiger partial charge in [0, 0.05) is 0 Å². The van der Waals surface area contributed by atoms with Crippen molar-refractivity contribution in [2.75, 3.05) is 0 Å². The molecule has 0 amide bonds. The molecule has 1 saturated carbocycles. The second-order valence-corrected chi connectivity index (χ2v) is 5.46. The number of nitrogens with zero attached hydrogens (tertiary/aromatic N) is 1. The van der Waals surface area contributed by atoms with E-state index in [2.05, 4.69) is 34.7 Å². The average Bonchev–Trinajstić information content (AvgIpc) is 3.01. The molecule has 2 aliphatic carbocycles. The van der Waals surface area contributed by atoms with Gasteiger partial charge in [0.1, 0.15) is 0 Å². The Hall–Kier alpha value is -1.83. The van der Waals surface area contributed by atoms with Crippen molar-refractivity contribution < 1.29 is 0 Å². The number of hydrogen-bond acceptors (Lipinski definition) is 1. The van der Waals surface area contributed by atoms with Gasteiger partial charge in [-0.15, -0.1) is 0 Å². The number of rotatable bonds is 2. The fourth-order valence-corrected chi connectivity index (χ4v) is 3.36. The highest BCUT2D eigenvalue weighted by Gasteiger charge is 2.42. The van der Waals surface area contributed by atoms with Crippen LogP contribution < -0.4 is 0 Å². The molecule has 0 saturated heterocycles. The lowest BCUT2D eigenvalue weighted by Crippen LogP contribution is -2.05. The fraction of sp³-hybridized carbons (Fsp3) is 0.312. The highest BCUT2D eigenvalue weighted by molar-refractivity contribution is 5.78. The van der Waals surface area contributed by atoms with Crippen LogP contribution in [-0.2, 0) is 6.42 Å². The van der Waals surface area contributed by atoms with Crippen LogP contribution in [0.3, 0.4) is 0 Å². The maximum Gasteiger partial charge on any atom is 0.0924 e. The molecule has 2 atom stereocenters. The van der Waals surface area contributed by atoms with E-state index >= 15 is 0 Å². The smallest absolute Gasteiger partial charge is 0.0924 e. The first kappa shape index (κ1) is 10.1. The van der Waals surface area contributed by atoms with Crippen molar-refractivity contribution >= 4 is 5.57 Å². The van der Waals surface area contributed by atoms with Gasteiger partial charge in [-0.25, -0.2) is 4.98 Å². The van der Waals surface area contributed by atoms with Crippen molar-refractivity contribution in [2.24, 2.45) is 5.92 Å². The molecule has 2 unspecified atom stereocenters. The van der Waals surface area contributed by atoms with Gasteiger partial charge < -0.3 is 4.98 Å². The highest BCUT2D eigenvalue weighted by Crippen LogP contribution is 2.55. The molecular weight excluding hydrogens is 220 g/mol. The van der Waals surface area contributed by atoms with E-state index in [0.29, 0.717) is 0 Å². The average molecular weight is 236 g/mol. The van der Waals surface area contributed by atoms with Crippen molar-refractivity contribution in [1.29, 1.82) is 0 Å².